The summed E-state index contributed by atoms with van der Waals surface area (Å²) in [7, 11) is 1.93. The number of carbonyl (C=O) groups excluding carboxylic acids is 1. The molecule has 0 unspecified atom stereocenters. The molecule has 4 rings (SSSR count). The van der Waals surface area contributed by atoms with Crippen molar-refractivity contribution in [2.45, 2.75) is 23.9 Å². The highest BCUT2D eigenvalue weighted by molar-refractivity contribution is 8.00. The van der Waals surface area contributed by atoms with Crippen LogP contribution in [-0.2, 0) is 17.4 Å². The number of H-pyrrole nitrogens is 1. The number of pyridine rings is 1. The van der Waals surface area contributed by atoms with Crippen molar-refractivity contribution in [3.8, 4) is 16.9 Å². The number of phenols is 1. The minimum atomic E-state index is -4.62. The number of aromatic amines is 1. The average molecular weight is 575 g/mol. The fourth-order valence-electron chi connectivity index (χ4n) is 4.18. The number of nitrogens with zero attached hydrogens (tertiary/aromatic N) is 1. The molecular formula is C29H26ClF3N2O3S. The van der Waals surface area contributed by atoms with Gasteiger partial charge < -0.3 is 15.0 Å². The Balaban J connectivity index is 1.58. The molecule has 0 radical (unpaired) electrons. The smallest absolute Gasteiger partial charge is 0.416 e. The van der Waals surface area contributed by atoms with Gasteiger partial charge in [-0.05, 0) is 55.4 Å². The van der Waals surface area contributed by atoms with Crippen LogP contribution in [0.5, 0.6) is 5.75 Å². The normalized spacial score (nSPS) is 11.8. The summed E-state index contributed by atoms with van der Waals surface area (Å²) < 4.78 is 40.6. The number of alkyl halides is 3. The van der Waals surface area contributed by atoms with Crippen molar-refractivity contribution in [3.05, 3.63) is 93.2 Å². The standard InChI is InChI=1S/C29H26ClF3N2O3S/c1-35(13-11-18-5-3-2-4-6-18)14-12-21(36)17-39-27-26(23-16-20(30)8-10-25(23)37)22-15-19(29(31,32)33)7-9-24(22)34-28(27)38/h2-10,15-16,37H,11-14,17H2,1H3,(H,34,38). The average Bonchev–Trinajstić information content (AvgIpc) is 2.90. The summed E-state index contributed by atoms with van der Waals surface area (Å²) in [6.07, 6.45) is -3.52. The molecule has 0 aliphatic rings. The Labute approximate surface area is 232 Å². The monoisotopic (exact) mass is 574 g/mol. The number of aromatic nitrogens is 1. The van der Waals surface area contributed by atoms with E-state index in [1.54, 1.807) is 0 Å². The van der Waals surface area contributed by atoms with Crippen LogP contribution in [0.25, 0.3) is 22.0 Å². The summed E-state index contributed by atoms with van der Waals surface area (Å²) in [6.45, 7) is 1.30. The van der Waals surface area contributed by atoms with Gasteiger partial charge in [0.25, 0.3) is 5.56 Å². The number of Topliss-reactive ketones (excluding diaryl/α,β-unsaturated/α-hetero) is 1. The number of phenolic OH excluding ortho intramolecular Hbond substituents is 1. The lowest BCUT2D eigenvalue weighted by Gasteiger charge is -2.17. The molecule has 204 valence electrons. The van der Waals surface area contributed by atoms with Crippen LogP contribution in [0.2, 0.25) is 5.02 Å². The van der Waals surface area contributed by atoms with Gasteiger partial charge >= 0.3 is 6.18 Å². The first-order valence-electron chi connectivity index (χ1n) is 12.2. The maximum atomic E-state index is 13.5. The predicted molar refractivity (Wildman–Crippen MR) is 150 cm³/mol. The Bertz CT molecular complexity index is 1540. The molecule has 0 aliphatic carbocycles. The lowest BCUT2D eigenvalue weighted by molar-refractivity contribution is -0.137. The summed E-state index contributed by atoms with van der Waals surface area (Å²) >= 11 is 7.07. The summed E-state index contributed by atoms with van der Waals surface area (Å²) in [6, 6.07) is 17.1. The van der Waals surface area contributed by atoms with Crippen molar-refractivity contribution in [1.29, 1.82) is 0 Å². The van der Waals surface area contributed by atoms with Crippen molar-refractivity contribution in [2.24, 2.45) is 0 Å². The van der Waals surface area contributed by atoms with Crippen LogP contribution in [0.3, 0.4) is 0 Å². The minimum Gasteiger partial charge on any atom is -0.507 e. The van der Waals surface area contributed by atoms with Crippen LogP contribution in [0, 0.1) is 0 Å². The predicted octanol–water partition coefficient (Wildman–Crippen LogP) is 6.80. The Hall–Kier alpha value is -3.27. The molecule has 1 aromatic heterocycles. The fourth-order valence-corrected chi connectivity index (χ4v) is 5.35. The van der Waals surface area contributed by atoms with Crippen LogP contribution in [-0.4, -0.2) is 46.7 Å². The van der Waals surface area contributed by atoms with Crippen LogP contribution < -0.4 is 5.56 Å². The molecule has 39 heavy (non-hydrogen) atoms. The molecule has 10 heteroatoms. The lowest BCUT2D eigenvalue weighted by atomic mass is 9.98. The Morgan fingerprint density at radius 1 is 1.05 bits per heavy atom. The molecule has 1 heterocycles. The van der Waals surface area contributed by atoms with E-state index in [1.807, 2.05) is 42.3 Å². The second-order valence-electron chi connectivity index (χ2n) is 9.19. The van der Waals surface area contributed by atoms with Crippen molar-refractivity contribution >= 4 is 40.0 Å². The maximum Gasteiger partial charge on any atom is 0.416 e. The van der Waals surface area contributed by atoms with Crippen molar-refractivity contribution in [2.75, 3.05) is 25.9 Å². The fraction of sp³-hybridized carbons (Fsp3) is 0.241. The van der Waals surface area contributed by atoms with Crippen molar-refractivity contribution in [3.63, 3.8) is 0 Å². The Kier molecular flexibility index (Phi) is 9.04. The summed E-state index contributed by atoms with van der Waals surface area (Å²) in [5.41, 5.74) is 0.0845. The molecule has 3 aromatic carbocycles. The van der Waals surface area contributed by atoms with Gasteiger partial charge in [0.2, 0.25) is 0 Å². The highest BCUT2D eigenvalue weighted by Gasteiger charge is 2.31. The largest absolute Gasteiger partial charge is 0.507 e. The van der Waals surface area contributed by atoms with Crippen LogP contribution in [0.15, 0.2) is 76.4 Å². The van der Waals surface area contributed by atoms with Gasteiger partial charge in [-0.25, -0.2) is 0 Å². The lowest BCUT2D eigenvalue weighted by Crippen LogP contribution is -2.25. The van der Waals surface area contributed by atoms with E-state index in [2.05, 4.69) is 4.98 Å². The molecule has 2 N–H and O–H groups in total. The van der Waals surface area contributed by atoms with Gasteiger partial charge in [-0.1, -0.05) is 41.9 Å². The number of thioether (sulfide) groups is 1. The third-order valence-electron chi connectivity index (χ3n) is 6.30. The molecule has 0 amide bonds. The number of nitrogens with one attached hydrogen (secondary N) is 1. The quantitative estimate of drug-likeness (QED) is 0.204. The molecule has 0 spiro atoms. The number of hydrogen-bond donors (Lipinski definition) is 2. The van der Waals surface area contributed by atoms with Gasteiger partial charge in [0, 0.05) is 46.6 Å². The zero-order valence-electron chi connectivity index (χ0n) is 21.0. The Morgan fingerprint density at radius 2 is 1.79 bits per heavy atom. The number of hydrogen-bond acceptors (Lipinski definition) is 5. The molecular weight excluding hydrogens is 549 g/mol. The highest BCUT2D eigenvalue weighted by atomic mass is 35.5. The maximum absolute atomic E-state index is 13.5. The summed E-state index contributed by atoms with van der Waals surface area (Å²) in [4.78, 5) is 30.5. The highest BCUT2D eigenvalue weighted by Crippen LogP contribution is 2.42. The topological polar surface area (TPSA) is 73.4 Å². The van der Waals surface area contributed by atoms with E-state index in [0.717, 1.165) is 36.9 Å². The first kappa shape index (κ1) is 28.7. The van der Waals surface area contributed by atoms with Crippen LogP contribution in [0.1, 0.15) is 17.5 Å². The third kappa shape index (κ3) is 7.23. The molecule has 4 aromatic rings. The zero-order chi connectivity index (χ0) is 28.2. The summed E-state index contributed by atoms with van der Waals surface area (Å²) in [5.74, 6) is -0.428. The van der Waals surface area contributed by atoms with Gasteiger partial charge in [0.1, 0.15) is 11.5 Å². The number of likely N-dealkylation sites (N-methyl/N-ethyl adjacent to an activating group) is 1. The first-order valence-corrected chi connectivity index (χ1v) is 13.5. The van der Waals surface area contributed by atoms with E-state index < -0.39 is 17.3 Å². The molecule has 5 nitrogen and oxygen atoms in total. The SMILES string of the molecule is CN(CCC(=O)CSc1c(-c2cc(Cl)ccc2O)c2cc(C(F)(F)F)ccc2[nH]c1=O)CCc1ccccc1. The number of benzene rings is 3. The van der Waals surface area contributed by atoms with Gasteiger partial charge in [-0.2, -0.15) is 13.2 Å². The number of fused-ring (bicyclic) bond motifs is 1. The zero-order valence-corrected chi connectivity index (χ0v) is 22.6. The summed E-state index contributed by atoms with van der Waals surface area (Å²) in [5, 5.41) is 10.9. The Morgan fingerprint density at radius 3 is 2.51 bits per heavy atom. The molecule has 0 saturated heterocycles. The van der Waals surface area contributed by atoms with Gasteiger partial charge in [-0.3, -0.25) is 9.59 Å². The molecule has 0 aliphatic heterocycles. The second-order valence-corrected chi connectivity index (χ2v) is 10.6. The van der Waals surface area contributed by atoms with Gasteiger partial charge in [0.15, 0.2) is 0 Å². The van der Waals surface area contributed by atoms with Crippen molar-refractivity contribution < 1.29 is 23.1 Å². The van der Waals surface area contributed by atoms with Crippen molar-refractivity contribution in [1.82, 2.24) is 9.88 Å². The molecule has 0 saturated carbocycles. The van der Waals surface area contributed by atoms with Gasteiger partial charge in [0.05, 0.1) is 16.2 Å². The third-order valence-corrected chi connectivity index (χ3v) is 7.68. The molecule has 0 fully saturated rings. The van der Waals surface area contributed by atoms with E-state index in [9.17, 15) is 27.9 Å². The number of carbonyl (C=O) groups is 1. The van der Waals surface area contributed by atoms with E-state index in [0.29, 0.717) is 6.54 Å². The minimum absolute atomic E-state index is 0.0326. The molecule has 0 bridgehead atoms. The second kappa shape index (κ2) is 12.3. The van der Waals surface area contributed by atoms with Gasteiger partial charge in [-0.15, -0.1) is 11.8 Å². The number of aromatic hydroxyl groups is 1. The number of ketones is 1. The van der Waals surface area contributed by atoms with Crippen LogP contribution >= 0.6 is 23.4 Å². The number of halogens is 4. The van der Waals surface area contributed by atoms with E-state index in [-0.39, 0.29) is 55.7 Å². The van der Waals surface area contributed by atoms with E-state index >= 15 is 0 Å². The number of rotatable bonds is 10. The van der Waals surface area contributed by atoms with Crippen LogP contribution in [0.4, 0.5) is 13.2 Å². The molecule has 0 atom stereocenters. The first-order chi connectivity index (χ1) is 18.5. The van der Waals surface area contributed by atoms with E-state index in [1.165, 1.54) is 29.8 Å². The van der Waals surface area contributed by atoms with E-state index in [4.69, 9.17) is 11.6 Å².